The molecule has 6 nitrogen and oxygen atoms in total. The van der Waals surface area contributed by atoms with Crippen molar-refractivity contribution >= 4 is 5.97 Å². The number of aliphatic hydroxyl groups is 2. The number of ether oxygens (including phenoxy) is 3. The molecule has 0 fully saturated rings. The van der Waals surface area contributed by atoms with Crippen molar-refractivity contribution in [3.05, 3.63) is 0 Å². The molecule has 0 radical (unpaired) electrons. The van der Waals surface area contributed by atoms with E-state index in [9.17, 15) is 4.79 Å². The third kappa shape index (κ3) is 9.84. The Morgan fingerprint density at radius 3 is 2.26 bits per heavy atom. The molecule has 1 atom stereocenters. The van der Waals surface area contributed by atoms with Crippen molar-refractivity contribution in [2.24, 2.45) is 0 Å². The molecule has 0 aliphatic carbocycles. The van der Waals surface area contributed by atoms with Crippen molar-refractivity contribution in [3.63, 3.8) is 0 Å². The summed E-state index contributed by atoms with van der Waals surface area (Å²) in [6.07, 6.45) is 0.794. The van der Waals surface area contributed by atoms with Crippen molar-refractivity contribution in [3.8, 4) is 0 Å². The van der Waals surface area contributed by atoms with Gasteiger partial charge in [-0.25, -0.2) is 0 Å². The number of rotatable bonds is 12. The molecule has 0 bridgehead atoms. The predicted molar refractivity (Wildman–Crippen MR) is 69.8 cm³/mol. The molecule has 0 aliphatic rings. The largest absolute Gasteiger partial charge is 0.457 e. The normalized spacial score (nSPS) is 12.7. The highest BCUT2D eigenvalue weighted by molar-refractivity contribution is 5.69. The van der Waals surface area contributed by atoms with E-state index in [1.807, 2.05) is 13.8 Å². The fourth-order valence-electron chi connectivity index (χ4n) is 1.33. The molecule has 6 heteroatoms. The highest BCUT2D eigenvalue weighted by atomic mass is 16.6. The second-order valence-corrected chi connectivity index (χ2v) is 4.26. The lowest BCUT2D eigenvalue weighted by atomic mass is 10.3. The third-order valence-electron chi connectivity index (χ3n) is 2.33. The van der Waals surface area contributed by atoms with E-state index >= 15 is 0 Å². The molecular weight excluding hydrogens is 252 g/mol. The number of aliphatic hydroxyl groups excluding tert-OH is 2. The van der Waals surface area contributed by atoms with Crippen LogP contribution in [0.5, 0.6) is 0 Å². The summed E-state index contributed by atoms with van der Waals surface area (Å²) in [6.45, 7) is 4.28. The topological polar surface area (TPSA) is 85.2 Å². The van der Waals surface area contributed by atoms with Crippen LogP contribution < -0.4 is 0 Å². The van der Waals surface area contributed by atoms with E-state index in [2.05, 4.69) is 0 Å². The number of esters is 1. The van der Waals surface area contributed by atoms with Crippen molar-refractivity contribution in [2.45, 2.75) is 45.3 Å². The second-order valence-electron chi connectivity index (χ2n) is 4.26. The summed E-state index contributed by atoms with van der Waals surface area (Å²) >= 11 is 0. The van der Waals surface area contributed by atoms with E-state index in [0.717, 1.165) is 12.8 Å². The van der Waals surface area contributed by atoms with Crippen LogP contribution in [-0.2, 0) is 19.0 Å². The van der Waals surface area contributed by atoms with Crippen LogP contribution in [0.4, 0.5) is 0 Å². The first-order valence-corrected chi connectivity index (χ1v) is 6.78. The smallest absolute Gasteiger partial charge is 0.306 e. The molecule has 0 rings (SSSR count). The van der Waals surface area contributed by atoms with Gasteiger partial charge in [-0.15, -0.1) is 0 Å². The number of carbonyl (C=O) groups excluding carboxylic acids is 1. The SMILES string of the molecule is CCCOCC(COC(CO)CO)OC(=O)CCC. The minimum atomic E-state index is -0.654. The minimum absolute atomic E-state index is 0.102. The maximum atomic E-state index is 11.4. The van der Waals surface area contributed by atoms with Crippen LogP contribution in [0.25, 0.3) is 0 Å². The molecule has 0 aliphatic heterocycles. The van der Waals surface area contributed by atoms with Gasteiger partial charge in [0.05, 0.1) is 26.4 Å². The van der Waals surface area contributed by atoms with Gasteiger partial charge in [-0.2, -0.15) is 0 Å². The van der Waals surface area contributed by atoms with Gasteiger partial charge in [0.1, 0.15) is 12.2 Å². The van der Waals surface area contributed by atoms with Crippen LogP contribution in [0.2, 0.25) is 0 Å². The van der Waals surface area contributed by atoms with Gasteiger partial charge >= 0.3 is 5.97 Å². The first-order chi connectivity index (χ1) is 9.17. The second kappa shape index (κ2) is 12.3. The van der Waals surface area contributed by atoms with Crippen molar-refractivity contribution in [1.82, 2.24) is 0 Å². The molecule has 0 heterocycles. The number of hydrogen-bond acceptors (Lipinski definition) is 6. The monoisotopic (exact) mass is 278 g/mol. The molecule has 1 unspecified atom stereocenters. The average molecular weight is 278 g/mol. The van der Waals surface area contributed by atoms with E-state index < -0.39 is 12.2 Å². The summed E-state index contributed by atoms with van der Waals surface area (Å²) in [5.74, 6) is -0.291. The molecule has 0 spiro atoms. The zero-order chi connectivity index (χ0) is 14.5. The lowest BCUT2D eigenvalue weighted by molar-refractivity contribution is -0.159. The molecule has 19 heavy (non-hydrogen) atoms. The van der Waals surface area contributed by atoms with Gasteiger partial charge in [-0.05, 0) is 12.8 Å². The minimum Gasteiger partial charge on any atom is -0.457 e. The fourth-order valence-corrected chi connectivity index (χ4v) is 1.33. The van der Waals surface area contributed by atoms with E-state index in [-0.39, 0.29) is 32.4 Å². The first kappa shape index (κ1) is 18.3. The van der Waals surface area contributed by atoms with Gasteiger partial charge in [-0.1, -0.05) is 13.8 Å². The maximum Gasteiger partial charge on any atom is 0.306 e. The molecule has 0 aromatic heterocycles. The Labute approximate surface area is 114 Å². The molecule has 0 amide bonds. The van der Waals surface area contributed by atoms with Gasteiger partial charge in [0.2, 0.25) is 0 Å². The Balaban J connectivity index is 4.12. The molecule has 114 valence electrons. The standard InChI is InChI=1S/C13H26O6/c1-3-5-13(16)19-12(9-17-6-4-2)10-18-11(7-14)8-15/h11-12,14-15H,3-10H2,1-2H3. The van der Waals surface area contributed by atoms with Gasteiger partial charge < -0.3 is 24.4 Å². The predicted octanol–water partition coefficient (Wildman–Crippen LogP) is 0.495. The highest BCUT2D eigenvalue weighted by Gasteiger charge is 2.17. The quantitative estimate of drug-likeness (QED) is 0.399. The van der Waals surface area contributed by atoms with Gasteiger partial charge in [0.15, 0.2) is 0 Å². The summed E-state index contributed by atoms with van der Waals surface area (Å²) in [5.41, 5.74) is 0. The lowest BCUT2D eigenvalue weighted by Gasteiger charge is -2.20. The van der Waals surface area contributed by atoms with Crippen LogP contribution in [0.15, 0.2) is 0 Å². The first-order valence-electron chi connectivity index (χ1n) is 6.78. The number of carbonyl (C=O) groups is 1. The Hall–Kier alpha value is -0.690. The van der Waals surface area contributed by atoms with Crippen LogP contribution in [-0.4, -0.2) is 61.4 Å². The molecule has 0 aromatic carbocycles. The lowest BCUT2D eigenvalue weighted by Crippen LogP contribution is -2.33. The Kier molecular flexibility index (Phi) is 11.9. The van der Waals surface area contributed by atoms with Crippen LogP contribution in [0.3, 0.4) is 0 Å². The van der Waals surface area contributed by atoms with E-state index in [0.29, 0.717) is 13.0 Å². The van der Waals surface area contributed by atoms with E-state index in [1.165, 1.54) is 0 Å². The van der Waals surface area contributed by atoms with Crippen LogP contribution in [0, 0.1) is 0 Å². The molecule has 0 saturated heterocycles. The van der Waals surface area contributed by atoms with Crippen molar-refractivity contribution in [2.75, 3.05) is 33.0 Å². The molecule has 0 aromatic rings. The Morgan fingerprint density at radius 1 is 1.05 bits per heavy atom. The summed E-state index contributed by atoms with van der Waals surface area (Å²) in [6, 6.07) is 0. The molecular formula is C13H26O6. The Bertz CT molecular complexity index is 217. The highest BCUT2D eigenvalue weighted by Crippen LogP contribution is 2.02. The summed E-state index contributed by atoms with van der Waals surface area (Å²) < 4.78 is 15.8. The number of hydrogen-bond donors (Lipinski definition) is 2. The van der Waals surface area contributed by atoms with Crippen molar-refractivity contribution < 1.29 is 29.2 Å². The van der Waals surface area contributed by atoms with Crippen LogP contribution in [0.1, 0.15) is 33.1 Å². The van der Waals surface area contributed by atoms with Crippen molar-refractivity contribution in [1.29, 1.82) is 0 Å². The zero-order valence-electron chi connectivity index (χ0n) is 11.8. The Morgan fingerprint density at radius 2 is 1.74 bits per heavy atom. The summed E-state index contributed by atoms with van der Waals surface area (Å²) in [4.78, 5) is 11.4. The van der Waals surface area contributed by atoms with E-state index in [1.54, 1.807) is 0 Å². The average Bonchev–Trinajstić information content (AvgIpc) is 2.40. The van der Waals surface area contributed by atoms with Gasteiger partial charge in [-0.3, -0.25) is 4.79 Å². The maximum absolute atomic E-state index is 11.4. The fraction of sp³-hybridized carbons (Fsp3) is 0.923. The summed E-state index contributed by atoms with van der Waals surface area (Å²) in [5, 5.41) is 17.8. The molecule has 0 saturated carbocycles. The molecule has 2 N–H and O–H groups in total. The van der Waals surface area contributed by atoms with Gasteiger partial charge in [0.25, 0.3) is 0 Å². The van der Waals surface area contributed by atoms with E-state index in [4.69, 9.17) is 24.4 Å². The third-order valence-corrected chi connectivity index (χ3v) is 2.33. The summed E-state index contributed by atoms with van der Waals surface area (Å²) in [7, 11) is 0. The van der Waals surface area contributed by atoms with Crippen LogP contribution >= 0.6 is 0 Å². The van der Waals surface area contributed by atoms with Gasteiger partial charge in [0, 0.05) is 13.0 Å². The zero-order valence-corrected chi connectivity index (χ0v) is 11.8.